The molecule has 4 nitrogen and oxygen atoms in total. The number of hydrogen-bond donors (Lipinski definition) is 2. The van der Waals surface area contributed by atoms with Crippen LogP contribution in [0, 0.1) is 11.0 Å². The molecule has 1 aromatic heterocycles. The topological polar surface area (TPSA) is 80.4 Å². The molecule has 1 aromatic rings. The molecule has 18 heavy (non-hydrogen) atoms. The number of rotatable bonds is 6. The minimum Gasteiger partial charge on any atom is -0.396 e. The zero-order chi connectivity index (χ0) is 13.9. The van der Waals surface area contributed by atoms with Gasteiger partial charge in [-0.15, -0.1) is 0 Å². The van der Waals surface area contributed by atoms with Crippen LogP contribution in [0.4, 0.5) is 4.39 Å². The smallest absolute Gasteiger partial charge is 0.247 e. The van der Waals surface area contributed by atoms with Crippen molar-refractivity contribution in [2.75, 3.05) is 6.61 Å². The number of halogens is 1. The van der Waals surface area contributed by atoms with E-state index in [1.165, 1.54) is 6.07 Å². The molecule has 0 bridgehead atoms. The Hall–Kier alpha value is -0.500. The number of hydrogen-bond acceptors (Lipinski definition) is 4. The van der Waals surface area contributed by atoms with E-state index in [0.717, 1.165) is 12.8 Å². The largest absolute Gasteiger partial charge is 0.396 e. The Balaban J connectivity index is 3.30. The molecule has 3 N–H and O–H groups in total. The van der Waals surface area contributed by atoms with Crippen molar-refractivity contribution in [3.05, 3.63) is 16.8 Å². The van der Waals surface area contributed by atoms with Crippen LogP contribution in [0.25, 0.3) is 0 Å². The first-order chi connectivity index (χ1) is 8.35. The molecule has 0 aromatic carbocycles. The zero-order valence-electron chi connectivity index (χ0n) is 10.4. The summed E-state index contributed by atoms with van der Waals surface area (Å²) in [6.45, 7) is 3.69. The van der Waals surface area contributed by atoms with Crippen LogP contribution in [-0.2, 0) is 10.0 Å². The lowest BCUT2D eigenvalue weighted by atomic mass is 9.84. The maximum absolute atomic E-state index is 13.3. The van der Waals surface area contributed by atoms with Gasteiger partial charge in [0.15, 0.2) is 5.13 Å². The van der Waals surface area contributed by atoms with Gasteiger partial charge in [-0.2, -0.15) is 4.39 Å². The molecule has 0 spiro atoms. The Morgan fingerprint density at radius 2 is 2.00 bits per heavy atom. The van der Waals surface area contributed by atoms with Crippen molar-refractivity contribution >= 4 is 21.4 Å². The molecular formula is C11H18FNO3S2. The molecule has 0 aliphatic rings. The van der Waals surface area contributed by atoms with Gasteiger partial charge in [0.05, 0.1) is 6.61 Å². The van der Waals surface area contributed by atoms with Gasteiger partial charge in [-0.05, 0) is 17.5 Å². The molecule has 0 aliphatic carbocycles. The predicted octanol–water partition coefficient (Wildman–Crippen LogP) is 2.05. The van der Waals surface area contributed by atoms with Crippen molar-refractivity contribution in [1.82, 2.24) is 0 Å². The zero-order valence-corrected chi connectivity index (χ0v) is 12.0. The number of primary sulfonamides is 1. The van der Waals surface area contributed by atoms with Crippen LogP contribution in [0.15, 0.2) is 10.3 Å². The fourth-order valence-corrected chi connectivity index (χ4v) is 4.13. The molecule has 0 fully saturated rings. The van der Waals surface area contributed by atoms with Crippen LogP contribution >= 0.6 is 11.3 Å². The Morgan fingerprint density at radius 1 is 1.44 bits per heavy atom. The van der Waals surface area contributed by atoms with E-state index in [0.29, 0.717) is 16.9 Å². The van der Waals surface area contributed by atoms with E-state index in [4.69, 9.17) is 5.14 Å². The van der Waals surface area contributed by atoms with Crippen LogP contribution < -0.4 is 5.14 Å². The van der Waals surface area contributed by atoms with Gasteiger partial charge < -0.3 is 5.11 Å². The molecule has 0 unspecified atom stereocenters. The lowest BCUT2D eigenvalue weighted by Gasteiger charge is -2.23. The molecule has 7 heteroatoms. The first-order valence-corrected chi connectivity index (χ1v) is 8.14. The first kappa shape index (κ1) is 15.6. The second-order valence-electron chi connectivity index (χ2n) is 4.20. The fourth-order valence-electron chi connectivity index (χ4n) is 2.20. The quantitative estimate of drug-likeness (QED) is 0.843. The van der Waals surface area contributed by atoms with Crippen LogP contribution in [-0.4, -0.2) is 20.1 Å². The number of aliphatic hydroxyl groups excluding tert-OH is 1. The van der Waals surface area contributed by atoms with Gasteiger partial charge in [0.25, 0.3) is 0 Å². The van der Waals surface area contributed by atoms with Crippen LogP contribution in [0.1, 0.15) is 38.2 Å². The van der Waals surface area contributed by atoms with Crippen LogP contribution in [0.2, 0.25) is 0 Å². The third-order valence-electron chi connectivity index (χ3n) is 3.17. The maximum atomic E-state index is 13.3. The molecule has 1 rings (SSSR count). The minimum atomic E-state index is -3.95. The molecule has 0 saturated heterocycles. The molecular weight excluding hydrogens is 277 g/mol. The van der Waals surface area contributed by atoms with E-state index < -0.39 is 21.1 Å². The third-order valence-corrected chi connectivity index (χ3v) is 5.60. The van der Waals surface area contributed by atoms with Crippen molar-refractivity contribution in [2.24, 2.45) is 11.1 Å². The van der Waals surface area contributed by atoms with E-state index in [-0.39, 0.29) is 16.7 Å². The summed E-state index contributed by atoms with van der Waals surface area (Å²) in [7, 11) is -3.95. The Kier molecular flexibility index (Phi) is 5.27. The lowest BCUT2D eigenvalue weighted by molar-refractivity contribution is 0.217. The molecule has 104 valence electrons. The predicted molar refractivity (Wildman–Crippen MR) is 69.5 cm³/mol. The molecule has 0 amide bonds. The maximum Gasteiger partial charge on any atom is 0.247 e. The molecule has 0 radical (unpaired) electrons. The van der Waals surface area contributed by atoms with Crippen LogP contribution in [0.3, 0.4) is 0 Å². The highest BCUT2D eigenvalue weighted by Gasteiger charge is 2.28. The number of nitrogens with two attached hydrogens (primary N) is 1. The Labute approximate surface area is 111 Å². The molecule has 0 saturated carbocycles. The first-order valence-electron chi connectivity index (χ1n) is 5.77. The summed E-state index contributed by atoms with van der Waals surface area (Å²) in [5.41, 5.74) is 0.302. The second-order valence-corrected chi connectivity index (χ2v) is 6.96. The lowest BCUT2D eigenvalue weighted by Crippen LogP contribution is -2.19. The van der Waals surface area contributed by atoms with E-state index in [1.54, 1.807) is 0 Å². The van der Waals surface area contributed by atoms with Gasteiger partial charge in [0.2, 0.25) is 10.0 Å². The summed E-state index contributed by atoms with van der Waals surface area (Å²) >= 11 is 0.513. The summed E-state index contributed by atoms with van der Waals surface area (Å²) in [6.07, 6.45) is 1.56. The van der Waals surface area contributed by atoms with E-state index >= 15 is 0 Å². The highest BCUT2D eigenvalue weighted by Crippen LogP contribution is 2.37. The standard InChI is InChI=1S/C11H18FNO3S2/c1-3-7(4-2)9(6-14)8-5-10(12)17-11(8)18(13,15)16/h5,7,9,14H,3-4,6H2,1-2H3,(H2,13,15,16)/t9-/m0/s1. The summed E-state index contributed by atoms with van der Waals surface area (Å²) in [5, 5.41) is 13.9. The summed E-state index contributed by atoms with van der Waals surface area (Å²) in [5.74, 6) is -0.293. The summed E-state index contributed by atoms with van der Waals surface area (Å²) in [4.78, 5) is 0. The van der Waals surface area contributed by atoms with Gasteiger partial charge in [-0.25, -0.2) is 13.6 Å². The van der Waals surface area contributed by atoms with E-state index in [1.807, 2.05) is 13.8 Å². The van der Waals surface area contributed by atoms with Gasteiger partial charge in [-0.1, -0.05) is 38.0 Å². The van der Waals surface area contributed by atoms with E-state index in [2.05, 4.69) is 0 Å². The number of aliphatic hydroxyl groups is 1. The molecule has 0 aliphatic heterocycles. The summed E-state index contributed by atoms with van der Waals surface area (Å²) < 4.78 is 36.0. The van der Waals surface area contributed by atoms with Crippen molar-refractivity contribution < 1.29 is 17.9 Å². The number of sulfonamides is 1. The van der Waals surface area contributed by atoms with Crippen LogP contribution in [0.5, 0.6) is 0 Å². The van der Waals surface area contributed by atoms with Gasteiger partial charge in [-0.3, -0.25) is 0 Å². The number of thiophene rings is 1. The van der Waals surface area contributed by atoms with Crippen molar-refractivity contribution in [2.45, 2.75) is 36.8 Å². The van der Waals surface area contributed by atoms with Gasteiger partial charge >= 0.3 is 0 Å². The monoisotopic (exact) mass is 295 g/mol. The SMILES string of the molecule is CCC(CC)[C@H](CO)c1cc(F)sc1S(N)(=O)=O. The van der Waals surface area contributed by atoms with Gasteiger partial charge in [0.1, 0.15) is 4.21 Å². The van der Waals surface area contributed by atoms with Crippen molar-refractivity contribution in [3.8, 4) is 0 Å². The second kappa shape index (κ2) is 6.10. The third kappa shape index (κ3) is 3.28. The Morgan fingerprint density at radius 3 is 2.39 bits per heavy atom. The van der Waals surface area contributed by atoms with Crippen molar-refractivity contribution in [1.29, 1.82) is 0 Å². The van der Waals surface area contributed by atoms with Crippen molar-refractivity contribution in [3.63, 3.8) is 0 Å². The normalized spacial score (nSPS) is 14.1. The average Bonchev–Trinajstić information content (AvgIpc) is 2.67. The molecule has 1 heterocycles. The minimum absolute atomic E-state index is 0.101. The fraction of sp³-hybridized carbons (Fsp3) is 0.636. The molecule has 1 atom stereocenters. The average molecular weight is 295 g/mol. The highest BCUT2D eigenvalue weighted by molar-refractivity contribution is 7.91. The highest BCUT2D eigenvalue weighted by atomic mass is 32.2. The summed E-state index contributed by atoms with van der Waals surface area (Å²) in [6, 6.07) is 1.17. The van der Waals surface area contributed by atoms with Gasteiger partial charge in [0, 0.05) is 5.92 Å². The van der Waals surface area contributed by atoms with E-state index in [9.17, 15) is 17.9 Å². The Bertz CT molecular complexity index is 494.